The van der Waals surface area contributed by atoms with Crippen LogP contribution >= 0.6 is 0 Å². The number of hydrogen-bond donors (Lipinski definition) is 1. The van der Waals surface area contributed by atoms with Gasteiger partial charge < -0.3 is 15.0 Å². The van der Waals surface area contributed by atoms with Crippen molar-refractivity contribution >= 4 is 11.9 Å². The SMILES string of the molecule is CCOC(=O)c1c(C)ccn1Cc1ccccc1C(N)=O. The molecule has 0 unspecified atom stereocenters. The van der Waals surface area contributed by atoms with E-state index in [1.807, 2.05) is 25.1 Å². The molecule has 21 heavy (non-hydrogen) atoms. The number of amides is 1. The van der Waals surface area contributed by atoms with Crippen molar-refractivity contribution in [3.05, 3.63) is 58.9 Å². The van der Waals surface area contributed by atoms with E-state index in [-0.39, 0.29) is 5.97 Å². The molecule has 1 amide bonds. The van der Waals surface area contributed by atoms with Gasteiger partial charge in [-0.1, -0.05) is 18.2 Å². The van der Waals surface area contributed by atoms with Crippen LogP contribution in [0, 0.1) is 6.92 Å². The van der Waals surface area contributed by atoms with Crippen LogP contribution in [0.2, 0.25) is 0 Å². The van der Waals surface area contributed by atoms with Crippen molar-refractivity contribution in [1.29, 1.82) is 0 Å². The van der Waals surface area contributed by atoms with Crippen LogP contribution in [-0.2, 0) is 11.3 Å². The number of aryl methyl sites for hydroxylation is 1. The molecule has 1 aromatic carbocycles. The zero-order valence-corrected chi connectivity index (χ0v) is 12.1. The second-order valence-electron chi connectivity index (χ2n) is 4.72. The van der Waals surface area contributed by atoms with Crippen molar-refractivity contribution in [2.75, 3.05) is 6.61 Å². The topological polar surface area (TPSA) is 74.3 Å². The number of benzene rings is 1. The number of aromatic nitrogens is 1. The van der Waals surface area contributed by atoms with E-state index < -0.39 is 5.91 Å². The first kappa shape index (κ1) is 14.8. The molecule has 2 N–H and O–H groups in total. The summed E-state index contributed by atoms with van der Waals surface area (Å²) < 4.78 is 6.84. The average molecular weight is 286 g/mol. The maximum atomic E-state index is 12.0. The van der Waals surface area contributed by atoms with E-state index in [1.165, 1.54) is 0 Å². The lowest BCUT2D eigenvalue weighted by molar-refractivity contribution is 0.0513. The average Bonchev–Trinajstić information content (AvgIpc) is 2.80. The lowest BCUT2D eigenvalue weighted by atomic mass is 10.1. The summed E-state index contributed by atoms with van der Waals surface area (Å²) in [5.74, 6) is -0.844. The maximum absolute atomic E-state index is 12.0. The van der Waals surface area contributed by atoms with Gasteiger partial charge in [0.05, 0.1) is 6.61 Å². The van der Waals surface area contributed by atoms with E-state index >= 15 is 0 Å². The Morgan fingerprint density at radius 1 is 1.24 bits per heavy atom. The Morgan fingerprint density at radius 2 is 1.95 bits per heavy atom. The van der Waals surface area contributed by atoms with Gasteiger partial charge in [-0.2, -0.15) is 0 Å². The minimum absolute atomic E-state index is 0.321. The Balaban J connectivity index is 2.37. The van der Waals surface area contributed by atoms with Crippen LogP contribution in [0.25, 0.3) is 0 Å². The molecule has 0 fully saturated rings. The summed E-state index contributed by atoms with van der Waals surface area (Å²) in [5, 5.41) is 0. The molecule has 5 nitrogen and oxygen atoms in total. The highest BCUT2D eigenvalue weighted by Gasteiger charge is 2.17. The van der Waals surface area contributed by atoms with Crippen molar-refractivity contribution in [1.82, 2.24) is 4.57 Å². The molecule has 0 saturated heterocycles. The summed E-state index contributed by atoms with van der Waals surface area (Å²) in [6, 6.07) is 8.94. The summed E-state index contributed by atoms with van der Waals surface area (Å²) in [4.78, 5) is 23.5. The van der Waals surface area contributed by atoms with E-state index in [0.717, 1.165) is 11.1 Å². The molecular weight excluding hydrogens is 268 g/mol. The number of rotatable bonds is 5. The molecule has 0 aliphatic carbocycles. The number of nitrogens with zero attached hydrogens (tertiary/aromatic N) is 1. The molecule has 2 rings (SSSR count). The molecule has 2 aromatic rings. The third kappa shape index (κ3) is 3.13. The molecule has 0 saturated carbocycles. The third-order valence-corrected chi connectivity index (χ3v) is 3.26. The van der Waals surface area contributed by atoms with Gasteiger partial charge in [-0.15, -0.1) is 0 Å². The van der Waals surface area contributed by atoms with Gasteiger partial charge in [0.2, 0.25) is 5.91 Å². The molecule has 1 heterocycles. The fourth-order valence-electron chi connectivity index (χ4n) is 2.27. The van der Waals surface area contributed by atoms with Crippen molar-refractivity contribution in [3.63, 3.8) is 0 Å². The number of nitrogens with two attached hydrogens (primary N) is 1. The molecule has 0 radical (unpaired) electrons. The molecular formula is C16H18N2O3. The third-order valence-electron chi connectivity index (χ3n) is 3.26. The molecule has 110 valence electrons. The second kappa shape index (κ2) is 6.26. The van der Waals surface area contributed by atoms with Crippen LogP contribution in [0.3, 0.4) is 0 Å². The maximum Gasteiger partial charge on any atom is 0.355 e. The number of esters is 1. The minimum atomic E-state index is -0.479. The van der Waals surface area contributed by atoms with E-state index in [1.54, 1.807) is 29.8 Å². The highest BCUT2D eigenvalue weighted by atomic mass is 16.5. The summed E-state index contributed by atoms with van der Waals surface area (Å²) in [5.41, 5.74) is 7.94. The van der Waals surface area contributed by atoms with E-state index in [0.29, 0.717) is 24.4 Å². The van der Waals surface area contributed by atoms with Gasteiger partial charge >= 0.3 is 5.97 Å². The largest absolute Gasteiger partial charge is 0.461 e. The molecule has 5 heteroatoms. The van der Waals surface area contributed by atoms with Gasteiger partial charge in [0.15, 0.2) is 0 Å². The first-order valence-corrected chi connectivity index (χ1v) is 6.75. The number of primary amides is 1. The second-order valence-corrected chi connectivity index (χ2v) is 4.72. The molecule has 0 spiro atoms. The number of carbonyl (C=O) groups is 2. The van der Waals surface area contributed by atoms with Crippen molar-refractivity contribution < 1.29 is 14.3 Å². The molecule has 0 bridgehead atoms. The number of hydrogen-bond acceptors (Lipinski definition) is 3. The van der Waals surface area contributed by atoms with E-state index in [2.05, 4.69) is 0 Å². The summed E-state index contributed by atoms with van der Waals surface area (Å²) in [7, 11) is 0. The van der Waals surface area contributed by atoms with Gasteiger partial charge in [0.25, 0.3) is 0 Å². The molecule has 0 aliphatic rings. The number of ether oxygens (including phenoxy) is 1. The predicted molar refractivity (Wildman–Crippen MR) is 79.2 cm³/mol. The Labute approximate surface area is 123 Å². The monoisotopic (exact) mass is 286 g/mol. The lowest BCUT2D eigenvalue weighted by Gasteiger charge is -2.12. The Hall–Kier alpha value is -2.56. The van der Waals surface area contributed by atoms with Gasteiger partial charge in [0, 0.05) is 18.3 Å². The lowest BCUT2D eigenvalue weighted by Crippen LogP contribution is -2.17. The standard InChI is InChI=1S/C16H18N2O3/c1-3-21-16(20)14-11(2)8-9-18(14)10-12-6-4-5-7-13(12)15(17)19/h4-9H,3,10H2,1-2H3,(H2,17,19). The predicted octanol–water partition coefficient (Wildman–Crippen LogP) is 2.12. The van der Waals surface area contributed by atoms with E-state index in [4.69, 9.17) is 10.5 Å². The fourth-order valence-corrected chi connectivity index (χ4v) is 2.27. The van der Waals surface area contributed by atoms with Crippen LogP contribution in [0.1, 0.15) is 38.9 Å². The zero-order chi connectivity index (χ0) is 15.4. The highest BCUT2D eigenvalue weighted by molar-refractivity contribution is 5.94. The minimum Gasteiger partial charge on any atom is -0.461 e. The molecule has 0 aliphatic heterocycles. The Bertz CT molecular complexity index is 674. The quantitative estimate of drug-likeness (QED) is 0.855. The Kier molecular flexibility index (Phi) is 4.42. The highest BCUT2D eigenvalue weighted by Crippen LogP contribution is 2.16. The normalized spacial score (nSPS) is 10.4. The molecule has 1 aromatic heterocycles. The van der Waals surface area contributed by atoms with Crippen LogP contribution in [0.4, 0.5) is 0 Å². The summed E-state index contributed by atoms with van der Waals surface area (Å²) in [6.07, 6.45) is 1.80. The van der Waals surface area contributed by atoms with Crippen LogP contribution in [0.5, 0.6) is 0 Å². The van der Waals surface area contributed by atoms with E-state index in [9.17, 15) is 9.59 Å². The fraction of sp³-hybridized carbons (Fsp3) is 0.250. The van der Waals surface area contributed by atoms with Crippen LogP contribution in [-0.4, -0.2) is 23.1 Å². The van der Waals surface area contributed by atoms with Gasteiger partial charge in [-0.3, -0.25) is 4.79 Å². The summed E-state index contributed by atoms with van der Waals surface area (Å²) >= 11 is 0. The van der Waals surface area contributed by atoms with Gasteiger partial charge in [-0.05, 0) is 37.1 Å². The molecule has 0 atom stereocenters. The van der Waals surface area contributed by atoms with Crippen molar-refractivity contribution in [3.8, 4) is 0 Å². The van der Waals surface area contributed by atoms with Crippen molar-refractivity contribution in [2.24, 2.45) is 5.73 Å². The van der Waals surface area contributed by atoms with Gasteiger partial charge in [0.1, 0.15) is 5.69 Å². The zero-order valence-electron chi connectivity index (χ0n) is 12.1. The van der Waals surface area contributed by atoms with Crippen LogP contribution in [0.15, 0.2) is 36.5 Å². The smallest absolute Gasteiger partial charge is 0.355 e. The first-order valence-electron chi connectivity index (χ1n) is 6.75. The summed E-state index contributed by atoms with van der Waals surface area (Å²) in [6.45, 7) is 4.33. The van der Waals surface area contributed by atoms with Gasteiger partial charge in [-0.25, -0.2) is 4.79 Å². The number of carbonyl (C=O) groups excluding carboxylic acids is 2. The Morgan fingerprint density at radius 3 is 2.62 bits per heavy atom. The van der Waals surface area contributed by atoms with Crippen LogP contribution < -0.4 is 5.73 Å². The van der Waals surface area contributed by atoms with Crippen molar-refractivity contribution in [2.45, 2.75) is 20.4 Å². The first-order chi connectivity index (χ1) is 10.0.